The van der Waals surface area contributed by atoms with Crippen molar-refractivity contribution in [2.24, 2.45) is 22.9 Å². The number of oxime groups is 1. The van der Waals surface area contributed by atoms with Crippen LogP contribution < -0.4 is 9.47 Å². The first-order valence-electron chi connectivity index (χ1n) is 22.6. The molecular formula is C52H58FN3O9S. The Hall–Kier alpha value is -5.80. The fraction of sp³-hybridized carbons (Fsp3) is 0.385. The second kappa shape index (κ2) is 23.1. The minimum Gasteiger partial charge on any atom is -0.493 e. The highest BCUT2D eigenvalue weighted by atomic mass is 32.2. The molecule has 1 aliphatic heterocycles. The third kappa shape index (κ3) is 11.2. The van der Waals surface area contributed by atoms with Gasteiger partial charge in [0.1, 0.15) is 30.5 Å². The van der Waals surface area contributed by atoms with Crippen molar-refractivity contribution < 1.29 is 43.4 Å². The number of halogens is 1. The van der Waals surface area contributed by atoms with Gasteiger partial charge in [0.25, 0.3) is 5.69 Å². The van der Waals surface area contributed by atoms with Crippen molar-refractivity contribution in [2.45, 2.75) is 74.1 Å². The Labute approximate surface area is 389 Å². The molecule has 0 spiro atoms. The molecule has 3 aliphatic rings. The van der Waals surface area contributed by atoms with Crippen LogP contribution in [0.3, 0.4) is 0 Å². The van der Waals surface area contributed by atoms with E-state index in [1.165, 1.54) is 37.5 Å². The first kappa shape index (κ1) is 48.1. The van der Waals surface area contributed by atoms with Gasteiger partial charge in [-0.25, -0.2) is 4.39 Å². The highest BCUT2D eigenvalue weighted by Crippen LogP contribution is 2.62. The summed E-state index contributed by atoms with van der Waals surface area (Å²) in [6, 6.07) is 27.1. The van der Waals surface area contributed by atoms with Crippen LogP contribution in [-0.2, 0) is 20.9 Å². The van der Waals surface area contributed by atoms with E-state index >= 15 is 0 Å². The quantitative estimate of drug-likeness (QED) is 0.0184. The van der Waals surface area contributed by atoms with Gasteiger partial charge in [0.15, 0.2) is 0 Å². The van der Waals surface area contributed by atoms with Crippen molar-refractivity contribution in [1.82, 2.24) is 4.90 Å². The number of thioether (sulfide) groups is 1. The van der Waals surface area contributed by atoms with Crippen molar-refractivity contribution in [3.05, 3.63) is 160 Å². The molecule has 4 aromatic rings. The number of benzene rings is 4. The van der Waals surface area contributed by atoms with Crippen molar-refractivity contribution >= 4 is 35.1 Å². The number of rotatable bonds is 23. The van der Waals surface area contributed by atoms with E-state index in [-0.39, 0.29) is 56.2 Å². The van der Waals surface area contributed by atoms with Gasteiger partial charge in [0, 0.05) is 66.5 Å². The van der Waals surface area contributed by atoms with E-state index < -0.39 is 34.4 Å². The van der Waals surface area contributed by atoms with Crippen molar-refractivity contribution in [1.29, 1.82) is 0 Å². The first-order valence-corrected chi connectivity index (χ1v) is 23.6. The third-order valence-corrected chi connectivity index (χ3v) is 13.6. The monoisotopic (exact) mass is 919 g/mol. The first-order chi connectivity index (χ1) is 32.2. The van der Waals surface area contributed by atoms with Crippen LogP contribution in [0.2, 0.25) is 0 Å². The Kier molecular flexibility index (Phi) is 16.8. The van der Waals surface area contributed by atoms with E-state index in [0.717, 1.165) is 47.5 Å². The Morgan fingerprint density at radius 1 is 1.02 bits per heavy atom. The maximum Gasteiger partial charge on any atom is 0.269 e. The van der Waals surface area contributed by atoms with Crippen LogP contribution in [0.5, 0.6) is 11.5 Å². The highest BCUT2D eigenvalue weighted by Gasteiger charge is 2.65. The minimum absolute atomic E-state index is 0.00747. The predicted molar refractivity (Wildman–Crippen MR) is 254 cm³/mol. The van der Waals surface area contributed by atoms with Crippen molar-refractivity contribution in [2.75, 3.05) is 39.3 Å². The number of amides is 1. The third-order valence-electron chi connectivity index (χ3n) is 12.7. The molecular weight excluding hydrogens is 862 g/mol. The molecule has 2 N–H and O–H groups in total. The molecule has 348 valence electrons. The minimum atomic E-state index is -1.53. The lowest BCUT2D eigenvalue weighted by Crippen LogP contribution is -2.70. The smallest absolute Gasteiger partial charge is 0.269 e. The second-order valence-electron chi connectivity index (χ2n) is 16.7. The fourth-order valence-corrected chi connectivity index (χ4v) is 10.5. The number of fused-ring (bicyclic) bond motifs is 2. The maximum absolute atomic E-state index is 15.0. The lowest BCUT2D eigenvalue weighted by molar-refractivity contribution is -0.384. The summed E-state index contributed by atoms with van der Waals surface area (Å²) in [5.41, 5.74) is 3.62. The number of hydrogen-bond acceptors (Lipinski definition) is 11. The summed E-state index contributed by atoms with van der Waals surface area (Å²) in [5.74, 6) is -1.10. The van der Waals surface area contributed by atoms with Gasteiger partial charge in [0.2, 0.25) is 11.7 Å². The van der Waals surface area contributed by atoms with Crippen molar-refractivity contribution in [3.63, 3.8) is 0 Å². The van der Waals surface area contributed by atoms with E-state index in [2.05, 4.69) is 36.0 Å². The van der Waals surface area contributed by atoms with Gasteiger partial charge in [-0.15, -0.1) is 18.3 Å². The van der Waals surface area contributed by atoms with Gasteiger partial charge >= 0.3 is 0 Å². The molecule has 1 fully saturated rings. The number of non-ortho nitro benzene ring substituents is 1. The SMILES string of the molecule is C=CCO[C@@]12Oc3ccc(OCCSc4ccccc4)cc3[C@H]3[C@H](CCCCO)[C@@H](CCCCO)C=C(C(=NOC)C[C@@H]1N(Cc1ccc(F)cc1)C(=O)C=Cc1ccc([N+](=O)[O-])cc1)[C@H]32. The van der Waals surface area contributed by atoms with Crippen LogP contribution in [0, 0.1) is 33.7 Å². The zero-order chi connectivity index (χ0) is 46.5. The van der Waals surface area contributed by atoms with E-state index in [1.807, 2.05) is 30.3 Å². The van der Waals surface area contributed by atoms with Gasteiger partial charge in [-0.3, -0.25) is 14.9 Å². The molecule has 7 rings (SSSR count). The number of allylic oxidation sites excluding steroid dienone is 1. The average molecular weight is 920 g/mol. The summed E-state index contributed by atoms with van der Waals surface area (Å²) in [5, 5.41) is 35.9. The van der Waals surface area contributed by atoms with Crippen LogP contribution in [-0.4, -0.2) is 82.8 Å². The summed E-state index contributed by atoms with van der Waals surface area (Å²) in [6.07, 6.45) is 11.5. The topological polar surface area (TPSA) is 153 Å². The van der Waals surface area contributed by atoms with Crippen LogP contribution in [0.4, 0.5) is 10.1 Å². The number of carbonyl (C=O) groups is 1. The number of hydrogen-bond donors (Lipinski definition) is 2. The lowest BCUT2D eigenvalue weighted by atomic mass is 9.55. The fourth-order valence-electron chi connectivity index (χ4n) is 9.78. The normalized spacial score (nSPS) is 22.5. The Morgan fingerprint density at radius 2 is 1.76 bits per heavy atom. The van der Waals surface area contributed by atoms with Crippen LogP contribution in [0.25, 0.3) is 6.08 Å². The summed E-state index contributed by atoms with van der Waals surface area (Å²) in [4.78, 5) is 34.3. The number of ether oxygens (including phenoxy) is 3. The molecule has 0 radical (unpaired) electrons. The number of unbranched alkanes of at least 4 members (excludes halogenated alkanes) is 2. The number of nitro groups is 1. The molecule has 4 aromatic carbocycles. The van der Waals surface area contributed by atoms with Gasteiger partial charge in [-0.05, 0) is 115 Å². The Morgan fingerprint density at radius 3 is 2.45 bits per heavy atom. The van der Waals surface area contributed by atoms with E-state index in [9.17, 15) is 29.5 Å². The number of nitrogens with zero attached hydrogens (tertiary/aromatic N) is 3. The lowest BCUT2D eigenvalue weighted by Gasteiger charge is -2.60. The summed E-state index contributed by atoms with van der Waals surface area (Å²) in [6.45, 7) is 4.74. The number of aliphatic hydroxyl groups is 2. The molecule has 12 nitrogen and oxygen atoms in total. The maximum atomic E-state index is 15.0. The Balaban J connectivity index is 1.38. The van der Waals surface area contributed by atoms with Crippen LogP contribution in [0.1, 0.15) is 67.6 Å². The predicted octanol–water partition coefficient (Wildman–Crippen LogP) is 9.91. The molecule has 66 heavy (non-hydrogen) atoms. The summed E-state index contributed by atoms with van der Waals surface area (Å²) < 4.78 is 35.2. The molecule has 0 bridgehead atoms. The zero-order valence-corrected chi connectivity index (χ0v) is 38.0. The number of nitro benzene ring substituents is 1. The van der Waals surface area contributed by atoms with Crippen LogP contribution >= 0.6 is 11.8 Å². The van der Waals surface area contributed by atoms with Gasteiger partial charge in [-0.1, -0.05) is 60.5 Å². The summed E-state index contributed by atoms with van der Waals surface area (Å²) in [7, 11) is 1.50. The summed E-state index contributed by atoms with van der Waals surface area (Å²) >= 11 is 1.72. The van der Waals surface area contributed by atoms with Gasteiger partial charge in [0.05, 0.1) is 29.8 Å². The second-order valence-corrected chi connectivity index (χ2v) is 17.9. The standard InChI is InChI=1S/C52H58FN3O9S/c1-3-29-64-52-48(55(35-37-15-20-39(53)21-16-37)49(59)26-19-36-17-22-40(23-18-36)56(60)61)34-46(54-62-2)44-32-38(11-7-9-27-57)43(14-8-10-28-58)50(51(44)52)45-33-41(24-25-47(45)65-52)63-30-31-66-42-12-5-4-6-13-42/h3-6,12-13,15-26,32-33,38,43,48,50-51,57-58H,1,7-11,14,27-31,34-35H2,2H3/t38-,43+,48-,50+,51+,52+/m0/s1. The van der Waals surface area contributed by atoms with E-state index in [1.54, 1.807) is 53.1 Å². The number of aliphatic hydroxyl groups excluding tert-OH is 2. The molecule has 6 atom stereocenters. The Bertz CT molecular complexity index is 2360. The molecule has 0 saturated heterocycles. The number of carbonyl (C=O) groups excluding carboxylic acids is 1. The molecule has 14 heteroatoms. The average Bonchev–Trinajstić information content (AvgIpc) is 3.33. The van der Waals surface area contributed by atoms with Crippen molar-refractivity contribution in [3.8, 4) is 11.5 Å². The molecule has 2 aliphatic carbocycles. The van der Waals surface area contributed by atoms with Crippen LogP contribution in [0.15, 0.2) is 137 Å². The molecule has 1 amide bonds. The highest BCUT2D eigenvalue weighted by molar-refractivity contribution is 7.99. The molecule has 1 saturated carbocycles. The zero-order valence-electron chi connectivity index (χ0n) is 37.2. The largest absolute Gasteiger partial charge is 0.493 e. The molecule has 0 aromatic heterocycles. The van der Waals surface area contributed by atoms with Gasteiger partial charge < -0.3 is 34.2 Å². The molecule has 0 unspecified atom stereocenters. The molecule has 1 heterocycles. The van der Waals surface area contributed by atoms with E-state index in [4.69, 9.17) is 19.0 Å². The van der Waals surface area contributed by atoms with Gasteiger partial charge in [-0.2, -0.15) is 0 Å². The van der Waals surface area contributed by atoms with E-state index in [0.29, 0.717) is 47.8 Å².